The van der Waals surface area contributed by atoms with E-state index in [2.05, 4.69) is 0 Å². The van der Waals surface area contributed by atoms with Gasteiger partial charge in [-0.05, 0) is 24.3 Å². The predicted octanol–water partition coefficient (Wildman–Crippen LogP) is 2.53. The fourth-order valence-corrected chi connectivity index (χ4v) is 2.36. The van der Waals surface area contributed by atoms with Gasteiger partial charge in [0.25, 0.3) is 0 Å². The van der Waals surface area contributed by atoms with Gasteiger partial charge in [0.1, 0.15) is 16.2 Å². The fourth-order valence-electron chi connectivity index (χ4n) is 1.29. The minimum atomic E-state index is -3.77. The highest BCUT2D eigenvalue weighted by Gasteiger charge is 2.13. The largest absolute Gasteiger partial charge is 0.402 e. The van der Waals surface area contributed by atoms with Gasteiger partial charge in [-0.2, -0.15) is 0 Å². The van der Waals surface area contributed by atoms with E-state index in [1.165, 1.54) is 0 Å². The molecule has 0 saturated carbocycles. The Morgan fingerprint density at radius 1 is 0.875 bits per heavy atom. The summed E-state index contributed by atoms with van der Waals surface area (Å²) in [4.78, 5) is 0.291. The van der Waals surface area contributed by atoms with Crippen LogP contribution in [-0.4, -0.2) is 8.76 Å². The van der Waals surface area contributed by atoms with Crippen LogP contribution in [0.2, 0.25) is 0 Å². The zero-order chi connectivity index (χ0) is 11.4. The molecule has 2 aromatic rings. The summed E-state index contributed by atoms with van der Waals surface area (Å²) in [5, 5.41) is 0. The van der Waals surface area contributed by atoms with E-state index in [1.807, 2.05) is 6.07 Å². The lowest BCUT2D eigenvalue weighted by Gasteiger charge is -2.19. The molecule has 16 heavy (non-hydrogen) atoms. The summed E-state index contributed by atoms with van der Waals surface area (Å²) in [6.07, 6.45) is 0. The maximum Gasteiger partial charge on any atom is 0.140 e. The molecule has 3 nitrogen and oxygen atoms in total. The number of hydrogen-bond donors (Lipinski definition) is 2. The molecule has 0 bridgehead atoms. The average molecular weight is 236 g/mol. The van der Waals surface area contributed by atoms with Crippen LogP contribution in [0.4, 0.5) is 0 Å². The Morgan fingerprint density at radius 3 is 1.94 bits per heavy atom. The second kappa shape index (κ2) is 4.47. The van der Waals surface area contributed by atoms with E-state index in [0.717, 1.165) is 0 Å². The molecule has 0 aliphatic heterocycles. The monoisotopic (exact) mass is 236 g/mol. The Labute approximate surface area is 95.2 Å². The van der Waals surface area contributed by atoms with Crippen LogP contribution in [0.15, 0.2) is 65.6 Å². The number of thiol groups is 1. The van der Waals surface area contributed by atoms with Crippen molar-refractivity contribution in [1.82, 2.24) is 0 Å². The highest BCUT2D eigenvalue weighted by molar-refractivity contribution is 7.93. The molecule has 0 heterocycles. The Balaban J connectivity index is 2.25. The van der Waals surface area contributed by atoms with Crippen molar-refractivity contribution in [1.29, 1.82) is 0 Å². The lowest BCUT2D eigenvalue weighted by atomic mass is 10.3. The Bertz CT molecular complexity index is 496. The minimum Gasteiger partial charge on any atom is -0.402 e. The number of hydrogen-bond acceptors (Lipinski definition) is 2. The zero-order valence-electron chi connectivity index (χ0n) is 8.48. The van der Waals surface area contributed by atoms with Crippen LogP contribution in [0.3, 0.4) is 0 Å². The smallest absolute Gasteiger partial charge is 0.140 e. The first kappa shape index (κ1) is 10.9. The van der Waals surface area contributed by atoms with Crippen LogP contribution in [-0.2, 0) is 10.5 Å². The summed E-state index contributed by atoms with van der Waals surface area (Å²) in [5.41, 5.74) is 0. The summed E-state index contributed by atoms with van der Waals surface area (Å²) in [5.74, 6) is 0.386. The van der Waals surface area contributed by atoms with Crippen molar-refractivity contribution in [3.05, 3.63) is 60.7 Å². The van der Waals surface area contributed by atoms with E-state index in [9.17, 15) is 8.76 Å². The quantitative estimate of drug-likeness (QED) is 0.805. The highest BCUT2D eigenvalue weighted by atomic mass is 32.3. The molecule has 0 spiro atoms. The molecular formula is C12H12O3S. The summed E-state index contributed by atoms with van der Waals surface area (Å²) >= 11 is 0. The molecular weight excluding hydrogens is 224 g/mol. The van der Waals surface area contributed by atoms with E-state index in [4.69, 9.17) is 4.18 Å². The third-order valence-electron chi connectivity index (χ3n) is 2.05. The molecule has 0 amide bonds. The first-order chi connectivity index (χ1) is 7.68. The van der Waals surface area contributed by atoms with E-state index in [0.29, 0.717) is 10.6 Å². The normalized spacial score (nSPS) is 12.1. The predicted molar refractivity (Wildman–Crippen MR) is 63.9 cm³/mol. The third kappa shape index (κ3) is 2.48. The first-order valence-corrected chi connectivity index (χ1v) is 6.39. The summed E-state index contributed by atoms with van der Waals surface area (Å²) in [6.45, 7) is 0. The van der Waals surface area contributed by atoms with Crippen molar-refractivity contribution in [2.75, 3.05) is 0 Å². The molecule has 0 radical (unpaired) electrons. The molecule has 0 fully saturated rings. The average Bonchev–Trinajstić information content (AvgIpc) is 2.31. The summed E-state index contributed by atoms with van der Waals surface area (Å²) < 4.78 is 26.8. The zero-order valence-corrected chi connectivity index (χ0v) is 9.38. The van der Waals surface area contributed by atoms with Crippen LogP contribution < -0.4 is 4.18 Å². The van der Waals surface area contributed by atoms with Crippen molar-refractivity contribution in [2.24, 2.45) is 0 Å². The van der Waals surface area contributed by atoms with Crippen molar-refractivity contribution < 1.29 is 12.9 Å². The Kier molecular flexibility index (Phi) is 3.03. The van der Waals surface area contributed by atoms with Crippen LogP contribution in [0.1, 0.15) is 0 Å². The molecule has 0 aliphatic rings. The number of para-hydroxylation sites is 1. The van der Waals surface area contributed by atoms with Crippen LogP contribution in [0.25, 0.3) is 0 Å². The van der Waals surface area contributed by atoms with Gasteiger partial charge in [-0.15, -0.1) is 0 Å². The summed E-state index contributed by atoms with van der Waals surface area (Å²) in [6, 6.07) is 16.9. The van der Waals surface area contributed by atoms with Gasteiger partial charge in [0.2, 0.25) is 0 Å². The van der Waals surface area contributed by atoms with Crippen molar-refractivity contribution in [3.63, 3.8) is 0 Å². The van der Waals surface area contributed by atoms with Gasteiger partial charge in [-0.25, -0.2) is 4.21 Å². The molecule has 0 unspecified atom stereocenters. The highest BCUT2D eigenvalue weighted by Crippen LogP contribution is 2.21. The topological polar surface area (TPSA) is 46.5 Å². The van der Waals surface area contributed by atoms with Gasteiger partial charge < -0.3 is 4.18 Å². The lowest BCUT2D eigenvalue weighted by molar-refractivity contribution is 0.429. The summed E-state index contributed by atoms with van der Waals surface area (Å²) in [7, 11) is -3.77. The van der Waals surface area contributed by atoms with Gasteiger partial charge in [0, 0.05) is 0 Å². The molecule has 84 valence electrons. The Morgan fingerprint density at radius 2 is 1.38 bits per heavy atom. The number of benzene rings is 2. The van der Waals surface area contributed by atoms with Crippen molar-refractivity contribution >= 4 is 10.5 Å². The molecule has 0 aromatic heterocycles. The van der Waals surface area contributed by atoms with Crippen molar-refractivity contribution in [2.45, 2.75) is 4.90 Å². The fraction of sp³-hybridized carbons (Fsp3) is 0. The first-order valence-electron chi connectivity index (χ1n) is 4.81. The molecule has 0 atom stereocenters. The van der Waals surface area contributed by atoms with Crippen LogP contribution in [0, 0.1) is 0 Å². The molecule has 2 rings (SSSR count). The number of rotatable bonds is 3. The van der Waals surface area contributed by atoms with Gasteiger partial charge in [0.05, 0.1) is 4.90 Å². The van der Waals surface area contributed by atoms with E-state index in [-0.39, 0.29) is 0 Å². The molecule has 0 saturated heterocycles. The maximum absolute atomic E-state index is 11.9. The van der Waals surface area contributed by atoms with Gasteiger partial charge in [-0.1, -0.05) is 36.4 Å². The standard InChI is InChI=1S/C12H12O3S/c13-16(14,12-9-5-2-6-10-12)15-11-7-3-1-4-8-11/h1-10,16H,(H,13,14). The molecule has 4 heteroatoms. The van der Waals surface area contributed by atoms with Crippen molar-refractivity contribution in [3.8, 4) is 5.75 Å². The second-order valence-corrected chi connectivity index (χ2v) is 5.00. The van der Waals surface area contributed by atoms with Gasteiger partial charge in [-0.3, -0.25) is 4.55 Å². The van der Waals surface area contributed by atoms with Crippen LogP contribution in [0.5, 0.6) is 5.75 Å². The molecule has 1 N–H and O–H groups in total. The Hall–Kier alpha value is -1.65. The van der Waals surface area contributed by atoms with Gasteiger partial charge >= 0.3 is 0 Å². The minimum absolute atomic E-state index is 0.291. The lowest BCUT2D eigenvalue weighted by Crippen LogP contribution is -2.18. The van der Waals surface area contributed by atoms with E-state index in [1.54, 1.807) is 54.6 Å². The third-order valence-corrected chi connectivity index (χ3v) is 3.46. The van der Waals surface area contributed by atoms with Crippen LogP contribution >= 0.6 is 0 Å². The maximum atomic E-state index is 11.9. The van der Waals surface area contributed by atoms with E-state index < -0.39 is 10.5 Å². The second-order valence-electron chi connectivity index (χ2n) is 3.26. The van der Waals surface area contributed by atoms with E-state index >= 15 is 0 Å². The SMILES string of the molecule is O=[SH](O)(Oc1ccccc1)c1ccccc1. The molecule has 0 aliphatic carbocycles. The van der Waals surface area contributed by atoms with Gasteiger partial charge in [0.15, 0.2) is 0 Å². The molecule has 2 aromatic carbocycles.